The number of rotatable bonds is 4. The first-order valence-electron chi connectivity index (χ1n) is 10.3. The summed E-state index contributed by atoms with van der Waals surface area (Å²) in [7, 11) is 0. The molecule has 0 aromatic heterocycles. The summed E-state index contributed by atoms with van der Waals surface area (Å²) in [6.07, 6.45) is 5.55. The number of halogens is 1. The molecule has 1 aromatic rings. The van der Waals surface area contributed by atoms with Crippen LogP contribution in [0.4, 0.5) is 10.5 Å². The molecule has 3 fully saturated rings. The summed E-state index contributed by atoms with van der Waals surface area (Å²) in [5, 5.41) is 0. The van der Waals surface area contributed by atoms with Crippen LogP contribution in [-0.2, 0) is 4.74 Å². The Labute approximate surface area is 180 Å². The smallest absolute Gasteiger partial charge is 0.410 e. The first kappa shape index (κ1) is 19.9. The van der Waals surface area contributed by atoms with Gasteiger partial charge >= 0.3 is 6.09 Å². The second-order valence-corrected chi connectivity index (χ2v) is 8.98. The number of benzene rings is 1. The zero-order chi connectivity index (χ0) is 19.5. The monoisotopic (exact) mass is 497 g/mol. The highest BCUT2D eigenvalue weighted by Gasteiger charge is 2.31. The predicted octanol–water partition coefficient (Wildman–Crippen LogP) is 3.54. The molecule has 1 amide bonds. The minimum absolute atomic E-state index is 0.00334. The van der Waals surface area contributed by atoms with E-state index in [2.05, 4.69) is 9.80 Å². The van der Waals surface area contributed by atoms with Gasteiger partial charge in [-0.1, -0.05) is 6.42 Å². The summed E-state index contributed by atoms with van der Waals surface area (Å²) >= 11 is 1.81. The van der Waals surface area contributed by atoms with Crippen LogP contribution in [0.3, 0.4) is 0 Å². The molecule has 0 N–H and O–H groups in total. The van der Waals surface area contributed by atoms with E-state index in [1.54, 1.807) is 0 Å². The van der Waals surface area contributed by atoms with Crippen molar-refractivity contribution in [3.63, 3.8) is 0 Å². The molecular formula is C21H28IN3O3. The van der Waals surface area contributed by atoms with E-state index in [0.717, 1.165) is 69.4 Å². The lowest BCUT2D eigenvalue weighted by Gasteiger charge is -2.43. The van der Waals surface area contributed by atoms with Crippen molar-refractivity contribution in [2.45, 2.75) is 44.2 Å². The number of anilines is 1. The minimum atomic E-state index is -0.142. The maximum Gasteiger partial charge on any atom is 0.410 e. The summed E-state index contributed by atoms with van der Waals surface area (Å²) in [6.45, 7) is 5.27. The van der Waals surface area contributed by atoms with Crippen molar-refractivity contribution in [1.29, 1.82) is 0 Å². The fourth-order valence-corrected chi connectivity index (χ4v) is 4.63. The van der Waals surface area contributed by atoms with Crippen LogP contribution in [0.25, 0.3) is 0 Å². The molecule has 152 valence electrons. The molecule has 3 aliphatic rings. The van der Waals surface area contributed by atoms with Gasteiger partial charge in [0.1, 0.15) is 6.10 Å². The molecule has 1 aliphatic carbocycles. The Balaban J connectivity index is 1.21. The van der Waals surface area contributed by atoms with Gasteiger partial charge in [0.2, 0.25) is 3.79 Å². The van der Waals surface area contributed by atoms with Crippen LogP contribution in [-0.4, -0.2) is 71.1 Å². The molecular weight excluding hydrogens is 469 g/mol. The number of hydrogen-bond donors (Lipinski definition) is 0. The number of hydrogen-bond acceptors (Lipinski definition) is 5. The van der Waals surface area contributed by atoms with Crippen molar-refractivity contribution in [1.82, 2.24) is 9.80 Å². The number of ether oxygens (including phenoxy) is 1. The van der Waals surface area contributed by atoms with Crippen molar-refractivity contribution in [3.8, 4) is 0 Å². The highest BCUT2D eigenvalue weighted by atomic mass is 127. The summed E-state index contributed by atoms with van der Waals surface area (Å²) in [4.78, 5) is 30.6. The molecule has 28 heavy (non-hydrogen) atoms. The molecule has 0 radical (unpaired) electrons. The van der Waals surface area contributed by atoms with E-state index < -0.39 is 0 Å². The Morgan fingerprint density at radius 2 is 1.54 bits per heavy atom. The first-order chi connectivity index (χ1) is 13.6. The molecule has 1 aromatic carbocycles. The summed E-state index contributed by atoms with van der Waals surface area (Å²) < 4.78 is 5.86. The molecule has 1 saturated carbocycles. The largest absolute Gasteiger partial charge is 0.446 e. The van der Waals surface area contributed by atoms with E-state index in [9.17, 15) is 9.59 Å². The molecule has 0 spiro atoms. The average molecular weight is 497 g/mol. The fourth-order valence-electron chi connectivity index (χ4n) is 4.27. The normalized spacial score (nSPS) is 22.0. The lowest BCUT2D eigenvalue weighted by atomic mass is 9.91. The van der Waals surface area contributed by atoms with E-state index in [-0.39, 0.29) is 16.0 Å². The van der Waals surface area contributed by atoms with Crippen LogP contribution in [0.5, 0.6) is 0 Å². The number of carbonyl (C=O) groups excluding carboxylic acids is 2. The van der Waals surface area contributed by atoms with Crippen LogP contribution in [0.1, 0.15) is 42.5 Å². The van der Waals surface area contributed by atoms with Crippen molar-refractivity contribution in [3.05, 3.63) is 29.8 Å². The average Bonchev–Trinajstić information content (AvgIpc) is 2.68. The Morgan fingerprint density at radius 3 is 2.07 bits per heavy atom. The van der Waals surface area contributed by atoms with E-state index in [1.165, 1.54) is 19.3 Å². The highest BCUT2D eigenvalue weighted by Crippen LogP contribution is 2.26. The maximum atomic E-state index is 12.5. The van der Waals surface area contributed by atoms with E-state index >= 15 is 0 Å². The minimum Gasteiger partial charge on any atom is -0.446 e. The Bertz CT molecular complexity index is 691. The molecule has 2 saturated heterocycles. The molecule has 0 atom stereocenters. The third-order valence-electron chi connectivity index (χ3n) is 6.33. The van der Waals surface area contributed by atoms with E-state index in [4.69, 9.17) is 4.74 Å². The zero-order valence-electron chi connectivity index (χ0n) is 16.2. The fraction of sp³-hybridized carbons (Fsp3) is 0.619. The van der Waals surface area contributed by atoms with Gasteiger partial charge in [0, 0.05) is 92.0 Å². The standard InChI is InChI=1S/C21H28IN3O3/c22-20(26)16-4-6-18(7-5-16)23-10-8-19(9-11-23)28-21(27)25-14-12-24(13-15-25)17-2-1-3-17/h4-7,17,19H,1-3,8-15H2. The van der Waals surface area contributed by atoms with Gasteiger partial charge in [-0.25, -0.2) is 4.79 Å². The maximum absolute atomic E-state index is 12.5. The second-order valence-electron chi connectivity index (χ2n) is 8.00. The lowest BCUT2D eigenvalue weighted by molar-refractivity contribution is 0.0230. The lowest BCUT2D eigenvalue weighted by Crippen LogP contribution is -2.54. The van der Waals surface area contributed by atoms with Crippen LogP contribution in [0, 0.1) is 0 Å². The molecule has 6 nitrogen and oxygen atoms in total. The molecule has 0 unspecified atom stereocenters. The summed E-state index contributed by atoms with van der Waals surface area (Å²) in [5.41, 5.74) is 1.85. The van der Waals surface area contributed by atoms with Gasteiger partial charge in [-0.2, -0.15) is 0 Å². The molecule has 7 heteroatoms. The second kappa shape index (κ2) is 8.98. The molecule has 4 rings (SSSR count). The van der Waals surface area contributed by atoms with Gasteiger partial charge in [0.05, 0.1) is 0 Å². The number of nitrogens with zero attached hydrogens (tertiary/aromatic N) is 3. The van der Waals surface area contributed by atoms with Gasteiger partial charge in [-0.05, 0) is 37.1 Å². The van der Waals surface area contributed by atoms with Crippen LogP contribution < -0.4 is 4.90 Å². The van der Waals surface area contributed by atoms with Crippen LogP contribution in [0.15, 0.2) is 24.3 Å². The van der Waals surface area contributed by atoms with Crippen molar-refractivity contribution in [2.75, 3.05) is 44.2 Å². The van der Waals surface area contributed by atoms with E-state index in [1.807, 2.05) is 51.8 Å². The molecule has 2 aliphatic heterocycles. The van der Waals surface area contributed by atoms with Gasteiger partial charge in [0.25, 0.3) is 0 Å². The van der Waals surface area contributed by atoms with Crippen LogP contribution >= 0.6 is 22.6 Å². The van der Waals surface area contributed by atoms with Gasteiger partial charge < -0.3 is 14.5 Å². The number of piperidine rings is 1. The topological polar surface area (TPSA) is 53.1 Å². The van der Waals surface area contributed by atoms with Gasteiger partial charge in [-0.3, -0.25) is 9.69 Å². The summed E-state index contributed by atoms with van der Waals surface area (Å²) in [5.74, 6) is 0. The predicted molar refractivity (Wildman–Crippen MR) is 117 cm³/mol. The first-order valence-corrected chi connectivity index (χ1v) is 11.4. The van der Waals surface area contributed by atoms with Crippen LogP contribution in [0.2, 0.25) is 0 Å². The zero-order valence-corrected chi connectivity index (χ0v) is 18.3. The van der Waals surface area contributed by atoms with Gasteiger partial charge in [0.15, 0.2) is 0 Å². The third-order valence-corrected chi connectivity index (χ3v) is 6.96. The third kappa shape index (κ3) is 4.62. The Morgan fingerprint density at radius 1 is 0.893 bits per heavy atom. The summed E-state index contributed by atoms with van der Waals surface area (Å²) in [6, 6.07) is 8.50. The molecule has 0 bridgehead atoms. The highest BCUT2D eigenvalue weighted by molar-refractivity contribution is 14.1. The van der Waals surface area contributed by atoms with Gasteiger partial charge in [-0.15, -0.1) is 0 Å². The Hall–Kier alpha value is -1.35. The quantitative estimate of drug-likeness (QED) is 0.471. The number of amides is 1. The van der Waals surface area contributed by atoms with Crippen molar-refractivity contribution in [2.24, 2.45) is 0 Å². The Kier molecular flexibility index (Phi) is 6.40. The number of piperazine rings is 1. The number of carbonyl (C=O) groups is 2. The van der Waals surface area contributed by atoms with Crippen molar-refractivity contribution < 1.29 is 14.3 Å². The SMILES string of the molecule is O=C(I)c1ccc(N2CCC(OC(=O)N3CCN(C4CCC4)CC3)CC2)cc1. The van der Waals surface area contributed by atoms with E-state index in [0.29, 0.717) is 0 Å². The van der Waals surface area contributed by atoms with Crippen molar-refractivity contribution >= 4 is 38.2 Å². The molecule has 2 heterocycles.